The summed E-state index contributed by atoms with van der Waals surface area (Å²) in [5.74, 6) is 0.549. The maximum atomic E-state index is 12.3. The van der Waals surface area contributed by atoms with Crippen molar-refractivity contribution in [3.8, 4) is 0 Å². The first-order valence-electron chi connectivity index (χ1n) is 9.72. The highest BCUT2D eigenvalue weighted by Gasteiger charge is 2.15. The summed E-state index contributed by atoms with van der Waals surface area (Å²) in [6.45, 7) is 2.05. The molecule has 0 bridgehead atoms. The Hall–Kier alpha value is -1.75. The molecule has 1 aromatic heterocycles. The highest BCUT2D eigenvalue weighted by molar-refractivity contribution is 7.99. The summed E-state index contributed by atoms with van der Waals surface area (Å²) in [6.07, 6.45) is 9.48. The van der Waals surface area contributed by atoms with Crippen LogP contribution in [-0.2, 0) is 11.2 Å². The normalized spacial score (nSPS) is 16.0. The second-order valence-electron chi connectivity index (χ2n) is 7.17. The number of carbonyl (C=O) groups is 1. The van der Waals surface area contributed by atoms with E-state index in [9.17, 15) is 4.79 Å². The maximum Gasteiger partial charge on any atom is 0.230 e. The number of aryl methyl sites for hydroxylation is 1. The van der Waals surface area contributed by atoms with E-state index in [4.69, 9.17) is 0 Å². The molecule has 2 aromatic rings. The summed E-state index contributed by atoms with van der Waals surface area (Å²) in [5.41, 5.74) is 3.39. The van der Waals surface area contributed by atoms with Crippen molar-refractivity contribution in [1.29, 1.82) is 0 Å². The van der Waals surface area contributed by atoms with Gasteiger partial charge in [0.05, 0.1) is 11.4 Å². The number of nitrogens with one attached hydrogen (secondary N) is 2. The van der Waals surface area contributed by atoms with E-state index in [1.165, 1.54) is 49.4 Å². The Labute approximate surface area is 160 Å². The number of hydrogen-bond donors (Lipinski definition) is 2. The summed E-state index contributed by atoms with van der Waals surface area (Å²) in [5, 5.41) is 4.05. The lowest BCUT2D eigenvalue weighted by Crippen LogP contribution is -2.36. The van der Waals surface area contributed by atoms with E-state index in [0.717, 1.165) is 35.8 Å². The van der Waals surface area contributed by atoms with Crippen molar-refractivity contribution >= 4 is 17.7 Å². The number of thioether (sulfide) groups is 1. The Morgan fingerprint density at radius 2 is 1.85 bits per heavy atom. The molecule has 2 N–H and O–H groups in total. The highest BCUT2D eigenvalue weighted by Crippen LogP contribution is 2.20. The lowest BCUT2D eigenvalue weighted by atomic mass is 9.97. The molecule has 3 rings (SSSR count). The highest BCUT2D eigenvalue weighted by atomic mass is 32.2. The second-order valence-corrected chi connectivity index (χ2v) is 8.14. The molecule has 1 aliphatic rings. The smallest absolute Gasteiger partial charge is 0.230 e. The molecule has 1 fully saturated rings. The van der Waals surface area contributed by atoms with Crippen LogP contribution in [0.15, 0.2) is 35.5 Å². The Balaban J connectivity index is 1.48. The fourth-order valence-electron chi connectivity index (χ4n) is 3.50. The lowest BCUT2D eigenvalue weighted by Gasteiger charge is -2.20. The van der Waals surface area contributed by atoms with Crippen molar-refractivity contribution in [2.24, 2.45) is 0 Å². The molecule has 1 amide bonds. The zero-order valence-corrected chi connectivity index (χ0v) is 16.4. The summed E-state index contributed by atoms with van der Waals surface area (Å²) in [4.78, 5) is 20.3. The van der Waals surface area contributed by atoms with Gasteiger partial charge < -0.3 is 10.3 Å². The van der Waals surface area contributed by atoms with E-state index in [-0.39, 0.29) is 5.91 Å². The van der Waals surface area contributed by atoms with Crippen molar-refractivity contribution in [3.63, 3.8) is 0 Å². The topological polar surface area (TPSA) is 57.8 Å². The number of nitrogens with zero attached hydrogens (tertiary/aromatic N) is 1. The molecule has 1 aliphatic carbocycles. The first kappa shape index (κ1) is 19.0. The average Bonchev–Trinajstić information content (AvgIpc) is 2.96. The van der Waals surface area contributed by atoms with Gasteiger partial charge in [-0.1, -0.05) is 74.2 Å². The molecule has 0 unspecified atom stereocenters. The predicted molar refractivity (Wildman–Crippen MR) is 108 cm³/mol. The number of amides is 1. The Kier molecular flexibility index (Phi) is 7.18. The van der Waals surface area contributed by atoms with E-state index in [1.807, 2.05) is 25.1 Å². The molecule has 0 radical (unpaired) electrons. The maximum absolute atomic E-state index is 12.3. The minimum absolute atomic E-state index is 0.124. The number of rotatable bonds is 6. The summed E-state index contributed by atoms with van der Waals surface area (Å²) in [6, 6.07) is 10.7. The molecule has 1 heterocycles. The molecule has 1 aromatic carbocycles. The van der Waals surface area contributed by atoms with Crippen molar-refractivity contribution in [1.82, 2.24) is 15.3 Å². The van der Waals surface area contributed by atoms with E-state index in [1.54, 1.807) is 0 Å². The number of hydrogen-bond acceptors (Lipinski definition) is 3. The van der Waals surface area contributed by atoms with Gasteiger partial charge in [-0.3, -0.25) is 4.79 Å². The fourth-order valence-corrected chi connectivity index (χ4v) is 4.25. The zero-order valence-electron chi connectivity index (χ0n) is 15.6. The molecule has 0 atom stereocenters. The Morgan fingerprint density at radius 3 is 2.58 bits per heavy atom. The van der Waals surface area contributed by atoms with Crippen molar-refractivity contribution in [3.05, 3.63) is 47.3 Å². The van der Waals surface area contributed by atoms with E-state index in [0.29, 0.717) is 11.8 Å². The van der Waals surface area contributed by atoms with Crippen LogP contribution in [0.25, 0.3) is 0 Å². The molecule has 1 saturated carbocycles. The van der Waals surface area contributed by atoms with E-state index >= 15 is 0 Å². The van der Waals surface area contributed by atoms with Crippen LogP contribution < -0.4 is 5.32 Å². The van der Waals surface area contributed by atoms with Gasteiger partial charge in [0.25, 0.3) is 0 Å². The molecule has 26 heavy (non-hydrogen) atoms. The van der Waals surface area contributed by atoms with E-state index < -0.39 is 0 Å². The monoisotopic (exact) mass is 371 g/mol. The Morgan fingerprint density at radius 1 is 1.15 bits per heavy atom. The molecular formula is C21H29N3OS. The number of aromatic amines is 1. The number of aromatic nitrogens is 2. The largest absolute Gasteiger partial charge is 0.353 e. The van der Waals surface area contributed by atoms with Crippen LogP contribution in [0.4, 0.5) is 0 Å². The lowest BCUT2D eigenvalue weighted by molar-refractivity contribution is -0.119. The van der Waals surface area contributed by atoms with Crippen LogP contribution >= 0.6 is 11.8 Å². The second kappa shape index (κ2) is 9.81. The zero-order chi connectivity index (χ0) is 18.2. The van der Waals surface area contributed by atoms with Crippen LogP contribution in [0.1, 0.15) is 61.9 Å². The molecular weight excluding hydrogens is 342 g/mol. The van der Waals surface area contributed by atoms with Gasteiger partial charge in [0, 0.05) is 18.2 Å². The van der Waals surface area contributed by atoms with Crippen molar-refractivity contribution in [2.45, 2.75) is 69.5 Å². The van der Waals surface area contributed by atoms with Gasteiger partial charge in [-0.2, -0.15) is 0 Å². The van der Waals surface area contributed by atoms with Crippen molar-refractivity contribution in [2.75, 3.05) is 5.75 Å². The number of benzene rings is 1. The third-order valence-corrected chi connectivity index (χ3v) is 5.86. The predicted octanol–water partition coefficient (Wildman–Crippen LogP) is 4.63. The molecule has 0 spiro atoms. The summed E-state index contributed by atoms with van der Waals surface area (Å²) < 4.78 is 0. The van der Waals surface area contributed by atoms with Crippen molar-refractivity contribution < 1.29 is 4.79 Å². The third-order valence-electron chi connectivity index (χ3n) is 4.99. The minimum Gasteiger partial charge on any atom is -0.353 e. The first-order chi connectivity index (χ1) is 12.7. The van der Waals surface area contributed by atoms with Crippen LogP contribution in [0.3, 0.4) is 0 Å². The summed E-state index contributed by atoms with van der Waals surface area (Å²) in [7, 11) is 0. The molecule has 0 aliphatic heterocycles. The van der Waals surface area contributed by atoms with Gasteiger partial charge in [-0.25, -0.2) is 4.98 Å². The van der Waals surface area contributed by atoms with Gasteiger partial charge in [0.15, 0.2) is 5.16 Å². The van der Waals surface area contributed by atoms with Gasteiger partial charge in [-0.05, 0) is 25.3 Å². The SMILES string of the molecule is Cc1[nH]c(SCC(=O)NC2CCCCCCC2)nc1Cc1ccccc1. The summed E-state index contributed by atoms with van der Waals surface area (Å²) >= 11 is 1.49. The van der Waals surface area contributed by atoms with Crippen LogP contribution in [0.2, 0.25) is 0 Å². The van der Waals surface area contributed by atoms with Gasteiger partial charge in [0.1, 0.15) is 0 Å². The average molecular weight is 372 g/mol. The molecule has 140 valence electrons. The standard InChI is InChI=1S/C21H29N3OS/c1-16-19(14-17-10-6-5-7-11-17)24-21(22-16)26-15-20(25)23-18-12-8-3-2-4-9-13-18/h5-7,10-11,18H,2-4,8-9,12-15H2,1H3,(H,22,24)(H,23,25). The minimum atomic E-state index is 0.124. The quantitative estimate of drug-likeness (QED) is 0.728. The van der Waals surface area contributed by atoms with Crippen LogP contribution in [-0.4, -0.2) is 27.7 Å². The fraction of sp³-hybridized carbons (Fsp3) is 0.524. The molecule has 0 saturated heterocycles. The molecule has 5 heteroatoms. The van der Waals surface area contributed by atoms with Gasteiger partial charge in [-0.15, -0.1) is 0 Å². The van der Waals surface area contributed by atoms with E-state index in [2.05, 4.69) is 27.4 Å². The van der Waals surface area contributed by atoms with Crippen LogP contribution in [0, 0.1) is 6.92 Å². The Bertz CT molecular complexity index is 691. The number of imidazole rings is 1. The number of carbonyl (C=O) groups excluding carboxylic acids is 1. The third kappa shape index (κ3) is 5.90. The number of H-pyrrole nitrogens is 1. The van der Waals surface area contributed by atoms with Gasteiger partial charge >= 0.3 is 0 Å². The van der Waals surface area contributed by atoms with Gasteiger partial charge in [0.2, 0.25) is 5.91 Å². The first-order valence-corrected chi connectivity index (χ1v) is 10.7. The van der Waals surface area contributed by atoms with Crippen LogP contribution in [0.5, 0.6) is 0 Å². The molecule has 4 nitrogen and oxygen atoms in total.